The molecule has 0 bridgehead atoms. The highest BCUT2D eigenvalue weighted by Crippen LogP contribution is 2.62. The van der Waals surface area contributed by atoms with Crippen LogP contribution in [0.2, 0.25) is 18.1 Å². The van der Waals surface area contributed by atoms with Gasteiger partial charge in [-0.25, -0.2) is 8.42 Å². The summed E-state index contributed by atoms with van der Waals surface area (Å²) in [7, 11) is -5.35. The molecule has 0 spiro atoms. The maximum absolute atomic E-state index is 12.9. The molecule has 0 aliphatic heterocycles. The minimum Gasteiger partial charge on any atom is -0.413 e. The van der Waals surface area contributed by atoms with E-state index >= 15 is 0 Å². The van der Waals surface area contributed by atoms with E-state index in [1.807, 2.05) is 12.1 Å². The van der Waals surface area contributed by atoms with Gasteiger partial charge in [0.1, 0.15) is 0 Å². The van der Waals surface area contributed by atoms with Crippen molar-refractivity contribution in [2.24, 2.45) is 22.7 Å². The van der Waals surface area contributed by atoms with Gasteiger partial charge in [-0.05, 0) is 72.7 Å². The largest absolute Gasteiger partial charge is 0.413 e. The summed E-state index contributed by atoms with van der Waals surface area (Å²) >= 11 is 0. The van der Waals surface area contributed by atoms with E-state index in [9.17, 15) is 8.42 Å². The van der Waals surface area contributed by atoms with E-state index in [0.717, 1.165) is 31.3 Å². The molecule has 5 heteroatoms. The zero-order valence-corrected chi connectivity index (χ0v) is 23.8. The van der Waals surface area contributed by atoms with Crippen molar-refractivity contribution in [1.82, 2.24) is 0 Å². The van der Waals surface area contributed by atoms with Gasteiger partial charge < -0.3 is 4.43 Å². The zero-order chi connectivity index (χ0) is 24.9. The Bertz CT molecular complexity index is 1000. The molecular weight excluding hydrogens is 444 g/mol. The molecule has 0 radical (unpaired) electrons. The summed E-state index contributed by atoms with van der Waals surface area (Å²) in [5, 5.41) is 1.61. The molecule has 2 fully saturated rings. The van der Waals surface area contributed by atoms with Crippen molar-refractivity contribution >= 4 is 18.2 Å². The fourth-order valence-electron chi connectivity index (χ4n) is 6.06. The number of sulfone groups is 1. The number of fused-ring (bicyclic) bond motifs is 1. The van der Waals surface area contributed by atoms with E-state index in [0.29, 0.717) is 10.8 Å². The standard InChI is InChI=1S/C28H44O3SSi/c1-21-15-16-24-27(5,6)25(31-33(8,9)26(2,3)4)17-19-28(24,7)23(21)18-20-32(29,30)22-13-11-10-12-14-22/h10-14,18,20,23-25H,1,15-17,19H2,2-9H3/b20-18+/t23-,24-,25-,28+/m0/s1. The van der Waals surface area contributed by atoms with Crippen LogP contribution in [0.25, 0.3) is 0 Å². The van der Waals surface area contributed by atoms with Gasteiger partial charge in [-0.1, -0.05) is 78.0 Å². The van der Waals surface area contributed by atoms with Crippen LogP contribution in [0.3, 0.4) is 0 Å². The average molecular weight is 489 g/mol. The third-order valence-corrected chi connectivity index (χ3v) is 15.1. The number of rotatable bonds is 5. The van der Waals surface area contributed by atoms with Crippen molar-refractivity contribution in [2.45, 2.75) is 96.4 Å². The zero-order valence-electron chi connectivity index (χ0n) is 21.9. The van der Waals surface area contributed by atoms with Crippen molar-refractivity contribution in [3.8, 4) is 0 Å². The first-order valence-corrected chi connectivity index (χ1v) is 16.8. The van der Waals surface area contributed by atoms with Gasteiger partial charge in [0.15, 0.2) is 18.2 Å². The first-order valence-electron chi connectivity index (χ1n) is 12.4. The van der Waals surface area contributed by atoms with Crippen molar-refractivity contribution < 1.29 is 12.8 Å². The molecule has 0 heterocycles. The molecule has 1 aromatic rings. The van der Waals surface area contributed by atoms with E-state index in [1.165, 1.54) is 5.41 Å². The Labute approximate surface area is 203 Å². The molecule has 1 aromatic carbocycles. The lowest BCUT2D eigenvalue weighted by Gasteiger charge is -2.61. The Hall–Kier alpha value is -1.17. The molecule has 0 unspecified atom stereocenters. The van der Waals surface area contributed by atoms with Gasteiger partial charge in [0.25, 0.3) is 0 Å². The van der Waals surface area contributed by atoms with Gasteiger partial charge in [-0.15, -0.1) is 0 Å². The predicted octanol–water partition coefficient (Wildman–Crippen LogP) is 7.77. The molecule has 2 aliphatic carbocycles. The second kappa shape index (κ2) is 8.80. The topological polar surface area (TPSA) is 43.4 Å². The maximum atomic E-state index is 12.9. The molecule has 4 atom stereocenters. The predicted molar refractivity (Wildman–Crippen MR) is 141 cm³/mol. The lowest BCUT2D eigenvalue weighted by molar-refractivity contribution is -0.111. The normalized spacial score (nSPS) is 30.9. The third kappa shape index (κ3) is 4.97. The van der Waals surface area contributed by atoms with Crippen LogP contribution in [0.1, 0.15) is 67.2 Å². The summed E-state index contributed by atoms with van der Waals surface area (Å²) < 4.78 is 32.9. The van der Waals surface area contributed by atoms with E-state index in [-0.39, 0.29) is 27.9 Å². The molecule has 0 amide bonds. The van der Waals surface area contributed by atoms with Gasteiger partial charge >= 0.3 is 0 Å². The molecule has 2 saturated carbocycles. The van der Waals surface area contributed by atoms with Crippen molar-refractivity contribution in [1.29, 1.82) is 0 Å². The van der Waals surface area contributed by atoms with E-state index in [1.54, 1.807) is 24.3 Å². The van der Waals surface area contributed by atoms with Gasteiger partial charge in [0.2, 0.25) is 0 Å². The van der Waals surface area contributed by atoms with Crippen molar-refractivity contribution in [3.63, 3.8) is 0 Å². The SMILES string of the molecule is C=C1CC[C@H]2C(C)(C)[C@@H](O[Si](C)(C)C(C)(C)C)CC[C@]2(C)[C@H]1/C=C/S(=O)(=O)c1ccccc1. The molecule has 0 N–H and O–H groups in total. The highest BCUT2D eigenvalue weighted by Gasteiger charge is 2.57. The number of benzene rings is 1. The molecule has 3 nitrogen and oxygen atoms in total. The summed E-state index contributed by atoms with van der Waals surface area (Å²) in [4.78, 5) is 0.344. The lowest BCUT2D eigenvalue weighted by atomic mass is 9.47. The molecule has 3 rings (SSSR count). The second-order valence-electron chi connectivity index (χ2n) is 12.6. The van der Waals surface area contributed by atoms with Crippen LogP contribution >= 0.6 is 0 Å². The Morgan fingerprint density at radius 1 is 1.09 bits per heavy atom. The van der Waals surface area contributed by atoms with Crippen LogP contribution in [-0.2, 0) is 14.3 Å². The maximum Gasteiger partial charge on any atom is 0.199 e. The molecule has 0 aromatic heterocycles. The van der Waals surface area contributed by atoms with Crippen LogP contribution in [0.4, 0.5) is 0 Å². The van der Waals surface area contributed by atoms with Gasteiger partial charge in [-0.2, -0.15) is 0 Å². The Morgan fingerprint density at radius 3 is 2.27 bits per heavy atom. The van der Waals surface area contributed by atoms with E-state index in [2.05, 4.69) is 61.2 Å². The fraction of sp³-hybridized carbons (Fsp3) is 0.643. The smallest absolute Gasteiger partial charge is 0.199 e. The van der Waals surface area contributed by atoms with Crippen LogP contribution < -0.4 is 0 Å². The summed E-state index contributed by atoms with van der Waals surface area (Å²) in [5.41, 5.74) is 1.16. The molecule has 2 aliphatic rings. The highest BCUT2D eigenvalue weighted by molar-refractivity contribution is 7.94. The van der Waals surface area contributed by atoms with Gasteiger partial charge in [0.05, 0.1) is 11.0 Å². The minimum atomic E-state index is -3.47. The Kier molecular flexibility index (Phi) is 7.05. The number of allylic oxidation sites excluding steroid dienone is 2. The van der Waals surface area contributed by atoms with Crippen LogP contribution in [-0.4, -0.2) is 22.8 Å². The Balaban J connectivity index is 1.90. The van der Waals surface area contributed by atoms with Crippen molar-refractivity contribution in [2.75, 3.05) is 0 Å². The van der Waals surface area contributed by atoms with E-state index in [4.69, 9.17) is 4.43 Å². The second-order valence-corrected chi connectivity index (χ2v) is 19.2. The molecule has 184 valence electrons. The third-order valence-electron chi connectivity index (χ3n) is 9.14. The molecule has 0 saturated heterocycles. The first kappa shape index (κ1) is 26.4. The van der Waals surface area contributed by atoms with Crippen LogP contribution in [0.15, 0.2) is 58.9 Å². The monoisotopic (exact) mass is 488 g/mol. The van der Waals surface area contributed by atoms with Crippen LogP contribution in [0.5, 0.6) is 0 Å². The van der Waals surface area contributed by atoms with Gasteiger partial charge in [-0.3, -0.25) is 0 Å². The summed E-state index contributed by atoms with van der Waals surface area (Å²) in [6, 6.07) is 8.69. The van der Waals surface area contributed by atoms with E-state index < -0.39 is 18.2 Å². The average Bonchev–Trinajstić information content (AvgIpc) is 2.69. The molecule has 33 heavy (non-hydrogen) atoms. The molecular formula is C28H44O3SSi. The first-order chi connectivity index (χ1) is 15.0. The summed E-state index contributed by atoms with van der Waals surface area (Å²) in [6.45, 7) is 23.1. The summed E-state index contributed by atoms with van der Waals surface area (Å²) in [6.07, 6.45) is 6.24. The quantitative estimate of drug-likeness (QED) is 0.314. The fourth-order valence-corrected chi connectivity index (χ4v) is 8.60. The highest BCUT2D eigenvalue weighted by atomic mass is 32.2. The number of hydrogen-bond donors (Lipinski definition) is 0. The summed E-state index contributed by atoms with van der Waals surface area (Å²) in [5.74, 6) is 0.510. The van der Waals surface area contributed by atoms with Gasteiger partial charge in [0, 0.05) is 11.3 Å². The minimum absolute atomic E-state index is 0.0190. The lowest BCUT2D eigenvalue weighted by Crippen LogP contribution is -2.58. The Morgan fingerprint density at radius 2 is 1.70 bits per heavy atom. The van der Waals surface area contributed by atoms with Crippen LogP contribution in [0, 0.1) is 22.7 Å². The van der Waals surface area contributed by atoms with Crippen molar-refractivity contribution in [3.05, 3.63) is 54.0 Å². The number of hydrogen-bond acceptors (Lipinski definition) is 3.